The summed E-state index contributed by atoms with van der Waals surface area (Å²) in [6, 6.07) is 5.71. The minimum atomic E-state index is -0.0932. The lowest BCUT2D eigenvalue weighted by Gasteiger charge is -1.97. The quantitative estimate of drug-likeness (QED) is 0.706. The average molecular weight is 176 g/mol. The van der Waals surface area contributed by atoms with Gasteiger partial charge in [0.1, 0.15) is 0 Å². The third-order valence-electron chi connectivity index (χ3n) is 2.17. The summed E-state index contributed by atoms with van der Waals surface area (Å²) in [4.78, 5) is 14.0. The summed E-state index contributed by atoms with van der Waals surface area (Å²) in [6.07, 6.45) is 1.75. The van der Waals surface area contributed by atoms with E-state index >= 15 is 0 Å². The Morgan fingerprint density at radius 1 is 1.62 bits per heavy atom. The van der Waals surface area contributed by atoms with Crippen LogP contribution >= 0.6 is 0 Å². The summed E-state index contributed by atoms with van der Waals surface area (Å²) >= 11 is 0. The van der Waals surface area contributed by atoms with Gasteiger partial charge in [-0.05, 0) is 11.6 Å². The number of aryl methyl sites for hydroxylation is 1. The molecule has 13 heavy (non-hydrogen) atoms. The van der Waals surface area contributed by atoms with Gasteiger partial charge in [-0.25, -0.2) is 4.79 Å². The maximum absolute atomic E-state index is 11.3. The first kappa shape index (κ1) is 7.86. The van der Waals surface area contributed by atoms with Crippen molar-refractivity contribution in [3.05, 3.63) is 40.8 Å². The van der Waals surface area contributed by atoms with Gasteiger partial charge in [0.15, 0.2) is 0 Å². The van der Waals surface area contributed by atoms with E-state index in [1.54, 1.807) is 17.7 Å². The molecule has 1 heterocycles. The Kier molecular flexibility index (Phi) is 1.59. The molecule has 3 nitrogen and oxygen atoms in total. The third kappa shape index (κ3) is 1.01. The fraction of sp³-hybridized carbons (Fsp3) is 0.100. The molecule has 0 radical (unpaired) electrons. The van der Waals surface area contributed by atoms with E-state index in [2.05, 4.69) is 11.6 Å². The molecule has 0 saturated carbocycles. The minimum Gasteiger partial charge on any atom is -0.306 e. The molecule has 2 rings (SSSR count). The predicted octanol–water partition coefficient (Wildman–Crippen LogP) is 1.76. The predicted molar refractivity (Wildman–Crippen MR) is 55.7 cm³/mol. The van der Waals surface area contributed by atoms with Gasteiger partial charge >= 0.3 is 5.69 Å². The number of fused-ring (bicyclic) bond motifs is 1. The first-order valence-electron chi connectivity index (χ1n) is 4.04. The van der Waals surface area contributed by atoms with E-state index in [0.717, 1.165) is 16.6 Å². The standard InChI is InChI=1S/C10H10N2O.H2/c1-3-7-5-4-6-8-9(7)12(2)10(13)11-8;/h3-6H,1H2,2H3,(H,11,13);1H. The molecule has 0 spiro atoms. The molecule has 3 heteroatoms. The molecule has 0 amide bonds. The molecule has 0 fully saturated rings. The van der Waals surface area contributed by atoms with Crippen molar-refractivity contribution in [3.63, 3.8) is 0 Å². The topological polar surface area (TPSA) is 37.8 Å². The second kappa shape index (κ2) is 2.62. The van der Waals surface area contributed by atoms with Crippen molar-refractivity contribution in [1.82, 2.24) is 9.55 Å². The second-order valence-corrected chi connectivity index (χ2v) is 2.94. The average Bonchev–Trinajstić information content (AvgIpc) is 2.43. The highest BCUT2D eigenvalue weighted by molar-refractivity contribution is 5.84. The molecule has 0 atom stereocenters. The van der Waals surface area contributed by atoms with Crippen molar-refractivity contribution in [2.45, 2.75) is 0 Å². The van der Waals surface area contributed by atoms with Gasteiger partial charge in [0.2, 0.25) is 0 Å². The van der Waals surface area contributed by atoms with Crippen LogP contribution in [-0.4, -0.2) is 9.55 Å². The number of benzene rings is 1. The van der Waals surface area contributed by atoms with Crippen LogP contribution < -0.4 is 5.69 Å². The highest BCUT2D eigenvalue weighted by Crippen LogP contribution is 2.15. The number of aromatic amines is 1. The maximum Gasteiger partial charge on any atom is 0.326 e. The molecule has 0 aliphatic carbocycles. The number of aromatic nitrogens is 2. The van der Waals surface area contributed by atoms with Crippen molar-refractivity contribution in [2.24, 2.45) is 7.05 Å². The van der Waals surface area contributed by atoms with E-state index in [1.807, 2.05) is 18.2 Å². The van der Waals surface area contributed by atoms with Crippen LogP contribution in [0.5, 0.6) is 0 Å². The fourth-order valence-corrected chi connectivity index (χ4v) is 1.50. The molecule has 1 aromatic carbocycles. The van der Waals surface area contributed by atoms with Crippen LogP contribution in [0.15, 0.2) is 29.6 Å². The Labute approximate surface area is 76.8 Å². The van der Waals surface area contributed by atoms with Gasteiger partial charge in [-0.3, -0.25) is 4.57 Å². The zero-order valence-corrected chi connectivity index (χ0v) is 7.37. The lowest BCUT2D eigenvalue weighted by Crippen LogP contribution is -2.12. The van der Waals surface area contributed by atoms with Crippen LogP contribution in [0.3, 0.4) is 0 Å². The van der Waals surface area contributed by atoms with Gasteiger partial charge in [0.25, 0.3) is 0 Å². The van der Waals surface area contributed by atoms with Crippen LogP contribution in [0.2, 0.25) is 0 Å². The Balaban J connectivity index is 0.000000980. The van der Waals surface area contributed by atoms with Gasteiger partial charge in [0.05, 0.1) is 11.0 Å². The largest absolute Gasteiger partial charge is 0.326 e. The molecule has 0 bridgehead atoms. The highest BCUT2D eigenvalue weighted by Gasteiger charge is 2.04. The van der Waals surface area contributed by atoms with Gasteiger partial charge < -0.3 is 4.98 Å². The van der Waals surface area contributed by atoms with Crippen LogP contribution in [-0.2, 0) is 7.05 Å². The molecule has 0 unspecified atom stereocenters. The number of imidazole rings is 1. The van der Waals surface area contributed by atoms with E-state index < -0.39 is 0 Å². The van der Waals surface area contributed by atoms with Crippen LogP contribution in [0.1, 0.15) is 6.99 Å². The zero-order chi connectivity index (χ0) is 9.42. The number of hydrogen-bond acceptors (Lipinski definition) is 1. The number of nitrogens with zero attached hydrogens (tertiary/aromatic N) is 1. The number of para-hydroxylation sites is 1. The monoisotopic (exact) mass is 176 g/mol. The number of rotatable bonds is 1. The first-order valence-corrected chi connectivity index (χ1v) is 4.04. The lowest BCUT2D eigenvalue weighted by atomic mass is 10.2. The van der Waals surface area contributed by atoms with E-state index in [0.29, 0.717) is 0 Å². The normalized spacial score (nSPS) is 10.5. The first-order chi connectivity index (χ1) is 6.24. The number of H-pyrrole nitrogens is 1. The van der Waals surface area contributed by atoms with Crippen LogP contribution in [0.25, 0.3) is 17.1 Å². The van der Waals surface area contributed by atoms with Gasteiger partial charge in [-0.2, -0.15) is 0 Å². The van der Waals surface area contributed by atoms with Gasteiger partial charge in [-0.15, -0.1) is 0 Å². The fourth-order valence-electron chi connectivity index (χ4n) is 1.50. The highest BCUT2D eigenvalue weighted by atomic mass is 16.1. The summed E-state index contributed by atoms with van der Waals surface area (Å²) in [7, 11) is 1.74. The van der Waals surface area contributed by atoms with Crippen molar-refractivity contribution in [1.29, 1.82) is 0 Å². The van der Waals surface area contributed by atoms with E-state index in [9.17, 15) is 4.79 Å². The molecule has 0 aliphatic heterocycles. The van der Waals surface area contributed by atoms with E-state index in [4.69, 9.17) is 0 Å². The summed E-state index contributed by atoms with van der Waals surface area (Å²) < 4.78 is 1.59. The molecular formula is C10H12N2O. The van der Waals surface area contributed by atoms with Crippen LogP contribution in [0, 0.1) is 0 Å². The molecule has 0 aliphatic rings. The number of hydrogen-bond donors (Lipinski definition) is 1. The Morgan fingerprint density at radius 3 is 3.08 bits per heavy atom. The Bertz CT molecular complexity index is 524. The molecule has 1 aromatic heterocycles. The maximum atomic E-state index is 11.3. The molecule has 1 N–H and O–H groups in total. The van der Waals surface area contributed by atoms with Crippen molar-refractivity contribution in [2.75, 3.05) is 0 Å². The summed E-state index contributed by atoms with van der Waals surface area (Å²) in [5, 5.41) is 0. The minimum absolute atomic E-state index is 0. The smallest absolute Gasteiger partial charge is 0.306 e. The van der Waals surface area contributed by atoms with Crippen molar-refractivity contribution >= 4 is 17.1 Å². The number of nitrogens with one attached hydrogen (secondary N) is 1. The summed E-state index contributed by atoms with van der Waals surface area (Å²) in [5.41, 5.74) is 2.63. The van der Waals surface area contributed by atoms with Crippen molar-refractivity contribution in [3.8, 4) is 0 Å². The third-order valence-corrected chi connectivity index (χ3v) is 2.17. The molecule has 0 saturated heterocycles. The van der Waals surface area contributed by atoms with E-state index in [-0.39, 0.29) is 7.12 Å². The summed E-state index contributed by atoms with van der Waals surface area (Å²) in [6.45, 7) is 3.70. The second-order valence-electron chi connectivity index (χ2n) is 2.94. The van der Waals surface area contributed by atoms with Gasteiger partial charge in [-0.1, -0.05) is 24.8 Å². The van der Waals surface area contributed by atoms with Crippen LogP contribution in [0.4, 0.5) is 0 Å². The summed E-state index contributed by atoms with van der Waals surface area (Å²) in [5.74, 6) is 0. The molecule has 2 aromatic rings. The molecule has 68 valence electrons. The van der Waals surface area contributed by atoms with Crippen molar-refractivity contribution < 1.29 is 1.43 Å². The lowest BCUT2D eigenvalue weighted by molar-refractivity contribution is 0.891. The van der Waals surface area contributed by atoms with E-state index in [1.165, 1.54) is 0 Å². The SMILES string of the molecule is C=Cc1cccc2[nH]c(=O)n(C)c12.[HH]. The zero-order valence-electron chi connectivity index (χ0n) is 7.37. The Hall–Kier alpha value is -1.77. The van der Waals surface area contributed by atoms with Gasteiger partial charge in [0, 0.05) is 8.47 Å². The Morgan fingerprint density at radius 2 is 2.38 bits per heavy atom. The molecular weight excluding hydrogens is 164 g/mol.